The molecule has 28 heavy (non-hydrogen) atoms. The topological polar surface area (TPSA) is 77.6 Å². The molecule has 3 heterocycles. The number of hydrogen-bond donors (Lipinski definition) is 2. The molecule has 2 saturated heterocycles. The summed E-state index contributed by atoms with van der Waals surface area (Å²) in [4.78, 5) is 33.0. The van der Waals surface area contributed by atoms with Crippen LogP contribution in [0.25, 0.3) is 0 Å². The van der Waals surface area contributed by atoms with E-state index in [9.17, 15) is 9.59 Å². The van der Waals surface area contributed by atoms with Crippen molar-refractivity contribution in [3.05, 3.63) is 64.9 Å². The first-order valence-electron chi connectivity index (χ1n) is 9.36. The van der Waals surface area contributed by atoms with E-state index in [2.05, 4.69) is 15.8 Å². The number of pyridine rings is 1. The Hall–Kier alpha value is -2.48. The average Bonchev–Trinajstić information content (AvgIpc) is 3.24. The van der Waals surface area contributed by atoms with Crippen LogP contribution < -0.4 is 10.9 Å². The lowest BCUT2D eigenvalue weighted by Gasteiger charge is -2.35. The number of hydrogen-bond acceptors (Lipinski definition) is 5. The third kappa shape index (κ3) is 4.01. The maximum Gasteiger partial charge on any atom is 0.255 e. The van der Waals surface area contributed by atoms with Gasteiger partial charge in [-0.3, -0.25) is 14.6 Å². The van der Waals surface area contributed by atoms with Crippen LogP contribution in [-0.2, 0) is 4.79 Å². The van der Waals surface area contributed by atoms with E-state index < -0.39 is 0 Å². The van der Waals surface area contributed by atoms with Crippen molar-refractivity contribution in [3.63, 3.8) is 0 Å². The van der Waals surface area contributed by atoms with Gasteiger partial charge in [-0.1, -0.05) is 23.7 Å². The maximum absolute atomic E-state index is 12.9. The van der Waals surface area contributed by atoms with Crippen LogP contribution in [0.1, 0.15) is 28.4 Å². The van der Waals surface area contributed by atoms with E-state index in [4.69, 9.17) is 11.6 Å². The van der Waals surface area contributed by atoms with Crippen molar-refractivity contribution in [1.29, 1.82) is 0 Å². The number of piperazine rings is 1. The highest BCUT2D eigenvalue weighted by atomic mass is 35.5. The van der Waals surface area contributed by atoms with Crippen molar-refractivity contribution in [1.82, 2.24) is 25.6 Å². The maximum atomic E-state index is 12.9. The van der Waals surface area contributed by atoms with E-state index in [0.29, 0.717) is 43.2 Å². The van der Waals surface area contributed by atoms with E-state index in [1.807, 2.05) is 29.2 Å². The fraction of sp³-hybridized carbons (Fsp3) is 0.350. The van der Waals surface area contributed by atoms with Gasteiger partial charge in [0.15, 0.2) is 0 Å². The summed E-state index contributed by atoms with van der Waals surface area (Å²) < 4.78 is 0. The minimum atomic E-state index is -0.277. The molecule has 4 rings (SSSR count). The Kier molecular flexibility index (Phi) is 5.57. The molecule has 2 amide bonds. The van der Waals surface area contributed by atoms with Crippen LogP contribution in [0.3, 0.4) is 0 Å². The summed E-state index contributed by atoms with van der Waals surface area (Å²) in [5.41, 5.74) is 7.99. The molecule has 0 bridgehead atoms. The normalized spacial score (nSPS) is 22.3. The van der Waals surface area contributed by atoms with Gasteiger partial charge in [0.1, 0.15) is 6.04 Å². The number of hydrazine groups is 1. The molecule has 146 valence electrons. The highest BCUT2D eigenvalue weighted by molar-refractivity contribution is 6.30. The van der Waals surface area contributed by atoms with E-state index in [0.717, 1.165) is 5.56 Å². The summed E-state index contributed by atoms with van der Waals surface area (Å²) in [6, 6.07) is 11.0. The van der Waals surface area contributed by atoms with Gasteiger partial charge in [0, 0.05) is 49.6 Å². The number of halogens is 1. The summed E-state index contributed by atoms with van der Waals surface area (Å²) in [6.07, 6.45) is 3.90. The minimum Gasteiger partial charge on any atom is -0.338 e. The summed E-state index contributed by atoms with van der Waals surface area (Å²) in [6.45, 7) is 2.13. The molecule has 2 unspecified atom stereocenters. The summed E-state index contributed by atoms with van der Waals surface area (Å²) in [5, 5.41) is 0.695. The standard InChI is InChI=1S/C20H22ClN5O2/c21-16-5-3-14(4-6-16)17-12-18(24-23-17)20(28)26-10-8-25(9-11-26)19(27)15-2-1-7-22-13-15/h1-7,13,17-18,23-24H,8-12H2. The molecule has 2 fully saturated rings. The predicted molar refractivity (Wildman–Crippen MR) is 106 cm³/mol. The van der Waals surface area contributed by atoms with Gasteiger partial charge in [-0.05, 0) is 36.2 Å². The molecule has 8 heteroatoms. The number of carbonyl (C=O) groups excluding carboxylic acids is 2. The quantitative estimate of drug-likeness (QED) is 0.820. The number of benzene rings is 1. The molecule has 2 aliphatic rings. The number of rotatable bonds is 3. The Morgan fingerprint density at radius 3 is 2.39 bits per heavy atom. The molecule has 1 aromatic heterocycles. The second-order valence-electron chi connectivity index (χ2n) is 7.04. The zero-order valence-electron chi connectivity index (χ0n) is 15.3. The van der Waals surface area contributed by atoms with Gasteiger partial charge in [-0.25, -0.2) is 10.9 Å². The molecule has 2 atom stereocenters. The van der Waals surface area contributed by atoms with Gasteiger partial charge in [-0.15, -0.1) is 0 Å². The van der Waals surface area contributed by atoms with E-state index in [-0.39, 0.29) is 23.9 Å². The third-order valence-electron chi connectivity index (χ3n) is 5.26. The molecular weight excluding hydrogens is 378 g/mol. The van der Waals surface area contributed by atoms with Gasteiger partial charge < -0.3 is 9.80 Å². The van der Waals surface area contributed by atoms with Crippen molar-refractivity contribution in [2.45, 2.75) is 18.5 Å². The zero-order valence-corrected chi connectivity index (χ0v) is 16.1. The first-order chi connectivity index (χ1) is 13.6. The Bertz CT molecular complexity index is 837. The summed E-state index contributed by atoms with van der Waals surface area (Å²) in [7, 11) is 0. The molecular formula is C20H22ClN5O2. The number of carbonyl (C=O) groups is 2. The molecule has 2 N–H and O–H groups in total. The van der Waals surface area contributed by atoms with E-state index in [1.54, 1.807) is 29.4 Å². The predicted octanol–water partition coefficient (Wildman–Crippen LogP) is 1.63. The van der Waals surface area contributed by atoms with Crippen LogP contribution in [0.15, 0.2) is 48.8 Å². The lowest BCUT2D eigenvalue weighted by Crippen LogP contribution is -2.54. The molecule has 0 saturated carbocycles. The fourth-order valence-electron chi connectivity index (χ4n) is 3.65. The molecule has 0 radical (unpaired) electrons. The Balaban J connectivity index is 1.31. The lowest BCUT2D eigenvalue weighted by molar-refractivity contribution is -0.134. The Morgan fingerprint density at radius 2 is 1.71 bits per heavy atom. The SMILES string of the molecule is O=C(c1cccnc1)N1CCN(C(=O)C2CC(c3ccc(Cl)cc3)NN2)CC1. The van der Waals surface area contributed by atoms with Gasteiger partial charge in [0.25, 0.3) is 5.91 Å². The smallest absolute Gasteiger partial charge is 0.255 e. The van der Waals surface area contributed by atoms with E-state index in [1.165, 1.54) is 0 Å². The highest BCUT2D eigenvalue weighted by Crippen LogP contribution is 2.24. The number of amides is 2. The molecule has 7 nitrogen and oxygen atoms in total. The first kappa shape index (κ1) is 18.9. The van der Waals surface area contributed by atoms with Gasteiger partial charge in [0.05, 0.1) is 5.56 Å². The van der Waals surface area contributed by atoms with Crippen LogP contribution in [0.5, 0.6) is 0 Å². The Labute approximate surface area is 168 Å². The van der Waals surface area contributed by atoms with Crippen molar-refractivity contribution in [3.8, 4) is 0 Å². The third-order valence-corrected chi connectivity index (χ3v) is 5.51. The minimum absolute atomic E-state index is 0.0383. The van der Waals surface area contributed by atoms with Gasteiger partial charge in [-0.2, -0.15) is 0 Å². The number of aromatic nitrogens is 1. The number of nitrogens with zero attached hydrogens (tertiary/aromatic N) is 3. The second kappa shape index (κ2) is 8.26. The van der Waals surface area contributed by atoms with Crippen molar-refractivity contribution in [2.24, 2.45) is 0 Å². The zero-order chi connectivity index (χ0) is 19.5. The van der Waals surface area contributed by atoms with Crippen LogP contribution >= 0.6 is 11.6 Å². The fourth-order valence-corrected chi connectivity index (χ4v) is 3.78. The van der Waals surface area contributed by atoms with Crippen LogP contribution in [0.2, 0.25) is 5.02 Å². The second-order valence-corrected chi connectivity index (χ2v) is 7.48. The summed E-state index contributed by atoms with van der Waals surface area (Å²) >= 11 is 5.94. The monoisotopic (exact) mass is 399 g/mol. The first-order valence-corrected chi connectivity index (χ1v) is 9.74. The van der Waals surface area contributed by atoms with E-state index >= 15 is 0 Å². The molecule has 2 aromatic rings. The molecule has 2 aliphatic heterocycles. The van der Waals surface area contributed by atoms with Crippen molar-refractivity contribution >= 4 is 23.4 Å². The van der Waals surface area contributed by atoms with Crippen LogP contribution in [-0.4, -0.2) is 58.8 Å². The molecule has 0 spiro atoms. The van der Waals surface area contributed by atoms with Crippen LogP contribution in [0, 0.1) is 0 Å². The molecule has 0 aliphatic carbocycles. The lowest BCUT2D eigenvalue weighted by atomic mass is 10.0. The summed E-state index contributed by atoms with van der Waals surface area (Å²) in [5.74, 6) is 0.0288. The van der Waals surface area contributed by atoms with Crippen molar-refractivity contribution in [2.75, 3.05) is 26.2 Å². The number of nitrogens with one attached hydrogen (secondary N) is 2. The van der Waals surface area contributed by atoms with Gasteiger partial charge in [0.2, 0.25) is 5.91 Å². The average molecular weight is 400 g/mol. The largest absolute Gasteiger partial charge is 0.338 e. The Morgan fingerprint density at radius 1 is 1.00 bits per heavy atom. The van der Waals surface area contributed by atoms with Crippen molar-refractivity contribution < 1.29 is 9.59 Å². The highest BCUT2D eigenvalue weighted by Gasteiger charge is 2.34. The van der Waals surface area contributed by atoms with Gasteiger partial charge >= 0.3 is 0 Å². The van der Waals surface area contributed by atoms with Crippen LogP contribution in [0.4, 0.5) is 0 Å². The molecule has 1 aromatic carbocycles.